The number of anilines is 1. The van der Waals surface area contributed by atoms with Crippen LogP contribution in [0, 0.1) is 18.2 Å². The van der Waals surface area contributed by atoms with Gasteiger partial charge in [-0.1, -0.05) is 0 Å². The summed E-state index contributed by atoms with van der Waals surface area (Å²) in [5, 5.41) is 9.11. The molecule has 1 aliphatic rings. The van der Waals surface area contributed by atoms with Gasteiger partial charge in [0.1, 0.15) is 5.82 Å². The van der Waals surface area contributed by atoms with E-state index in [1.165, 1.54) is 6.07 Å². The minimum Gasteiger partial charge on any atom is -0.481 e. The molecule has 1 saturated carbocycles. The SMILES string of the molecule is Cc1cc(N(C)CC2(C(=O)O)CC2)ccc1F. The number of hydrogen-bond donors (Lipinski definition) is 1. The monoisotopic (exact) mass is 237 g/mol. The highest BCUT2D eigenvalue weighted by Crippen LogP contribution is 2.46. The smallest absolute Gasteiger partial charge is 0.311 e. The number of benzene rings is 1. The van der Waals surface area contributed by atoms with Gasteiger partial charge in [-0.2, -0.15) is 0 Å². The Morgan fingerprint density at radius 2 is 2.18 bits per heavy atom. The summed E-state index contributed by atoms with van der Waals surface area (Å²) in [5.41, 5.74) is 0.850. The number of rotatable bonds is 4. The molecule has 0 aromatic heterocycles. The molecular formula is C13H16FNO2. The van der Waals surface area contributed by atoms with Gasteiger partial charge in [0.05, 0.1) is 5.41 Å². The van der Waals surface area contributed by atoms with Crippen LogP contribution in [0.15, 0.2) is 18.2 Å². The van der Waals surface area contributed by atoms with Gasteiger partial charge in [0.15, 0.2) is 0 Å². The van der Waals surface area contributed by atoms with Crippen LogP contribution in [0.2, 0.25) is 0 Å². The molecule has 0 atom stereocenters. The Kier molecular flexibility index (Phi) is 2.81. The second-order valence-electron chi connectivity index (χ2n) is 4.88. The van der Waals surface area contributed by atoms with Crippen LogP contribution in [0.5, 0.6) is 0 Å². The number of aryl methyl sites for hydroxylation is 1. The minimum atomic E-state index is -0.733. The number of hydrogen-bond acceptors (Lipinski definition) is 2. The lowest BCUT2D eigenvalue weighted by atomic mass is 10.1. The van der Waals surface area contributed by atoms with E-state index < -0.39 is 11.4 Å². The highest BCUT2D eigenvalue weighted by atomic mass is 19.1. The predicted molar refractivity (Wildman–Crippen MR) is 63.7 cm³/mol. The van der Waals surface area contributed by atoms with Gasteiger partial charge in [-0.15, -0.1) is 0 Å². The van der Waals surface area contributed by atoms with E-state index in [0.29, 0.717) is 12.1 Å². The average Bonchev–Trinajstić information content (AvgIpc) is 3.03. The first-order valence-corrected chi connectivity index (χ1v) is 5.65. The van der Waals surface area contributed by atoms with Gasteiger partial charge in [0.25, 0.3) is 0 Å². The molecule has 0 amide bonds. The number of aliphatic carboxylic acids is 1. The molecular weight excluding hydrogens is 221 g/mol. The molecule has 0 bridgehead atoms. The standard InChI is InChI=1S/C13H16FNO2/c1-9-7-10(3-4-11(9)14)15(2)8-13(5-6-13)12(16)17/h3-4,7H,5-6,8H2,1-2H3,(H,16,17). The molecule has 0 unspecified atom stereocenters. The maximum Gasteiger partial charge on any atom is 0.311 e. The fourth-order valence-electron chi connectivity index (χ4n) is 2.00. The Hall–Kier alpha value is -1.58. The normalized spacial score (nSPS) is 16.6. The van der Waals surface area contributed by atoms with Crippen molar-refractivity contribution in [2.24, 2.45) is 5.41 Å². The summed E-state index contributed by atoms with van der Waals surface area (Å²) < 4.78 is 13.1. The van der Waals surface area contributed by atoms with Gasteiger partial charge in [-0.05, 0) is 43.5 Å². The lowest BCUT2D eigenvalue weighted by molar-refractivity contribution is -0.142. The van der Waals surface area contributed by atoms with E-state index in [1.807, 2.05) is 11.9 Å². The summed E-state index contributed by atoms with van der Waals surface area (Å²) in [6.07, 6.45) is 1.46. The highest BCUT2D eigenvalue weighted by molar-refractivity contribution is 5.78. The van der Waals surface area contributed by atoms with Crippen LogP contribution in [-0.2, 0) is 4.79 Å². The van der Waals surface area contributed by atoms with E-state index in [1.54, 1.807) is 19.1 Å². The maximum absolute atomic E-state index is 13.1. The quantitative estimate of drug-likeness (QED) is 0.874. The molecule has 0 saturated heterocycles. The molecule has 0 spiro atoms. The second-order valence-corrected chi connectivity index (χ2v) is 4.88. The summed E-state index contributed by atoms with van der Waals surface area (Å²) in [4.78, 5) is 13.0. The Morgan fingerprint density at radius 1 is 1.53 bits per heavy atom. The number of nitrogens with zero attached hydrogens (tertiary/aromatic N) is 1. The molecule has 0 heterocycles. The lowest BCUT2D eigenvalue weighted by Gasteiger charge is -2.23. The topological polar surface area (TPSA) is 40.5 Å². The van der Waals surface area contributed by atoms with Crippen molar-refractivity contribution in [3.05, 3.63) is 29.6 Å². The van der Waals surface area contributed by atoms with Crippen molar-refractivity contribution >= 4 is 11.7 Å². The predicted octanol–water partition coefficient (Wildman–Crippen LogP) is 2.44. The van der Waals surface area contributed by atoms with Crippen LogP contribution in [0.4, 0.5) is 10.1 Å². The fourth-order valence-corrected chi connectivity index (χ4v) is 2.00. The molecule has 0 radical (unpaired) electrons. The molecule has 1 aromatic carbocycles. The Balaban J connectivity index is 2.12. The van der Waals surface area contributed by atoms with Crippen molar-refractivity contribution in [1.82, 2.24) is 0 Å². The number of halogens is 1. The van der Waals surface area contributed by atoms with E-state index in [-0.39, 0.29) is 5.82 Å². The van der Waals surface area contributed by atoms with Gasteiger partial charge in [0.2, 0.25) is 0 Å². The van der Waals surface area contributed by atoms with E-state index in [9.17, 15) is 9.18 Å². The van der Waals surface area contributed by atoms with Crippen molar-refractivity contribution in [3.63, 3.8) is 0 Å². The number of carboxylic acids is 1. The van der Waals surface area contributed by atoms with Gasteiger partial charge >= 0.3 is 5.97 Å². The average molecular weight is 237 g/mol. The summed E-state index contributed by atoms with van der Waals surface area (Å²) >= 11 is 0. The number of carboxylic acid groups (broad SMARTS) is 1. The van der Waals surface area contributed by atoms with Crippen molar-refractivity contribution < 1.29 is 14.3 Å². The largest absolute Gasteiger partial charge is 0.481 e. The molecule has 1 N–H and O–H groups in total. The third-order valence-electron chi connectivity index (χ3n) is 3.43. The molecule has 1 fully saturated rings. The summed E-state index contributed by atoms with van der Waals surface area (Å²) in [6.45, 7) is 2.18. The molecule has 3 nitrogen and oxygen atoms in total. The molecule has 4 heteroatoms. The fraction of sp³-hybridized carbons (Fsp3) is 0.462. The first kappa shape index (κ1) is 11.9. The lowest BCUT2D eigenvalue weighted by Crippen LogP contribution is -2.31. The van der Waals surface area contributed by atoms with Gasteiger partial charge < -0.3 is 10.0 Å². The van der Waals surface area contributed by atoms with Crippen molar-refractivity contribution in [1.29, 1.82) is 0 Å². The van der Waals surface area contributed by atoms with Gasteiger partial charge in [0, 0.05) is 19.3 Å². The van der Waals surface area contributed by atoms with E-state index in [2.05, 4.69) is 0 Å². The third kappa shape index (κ3) is 2.25. The second kappa shape index (κ2) is 4.02. The van der Waals surface area contributed by atoms with Crippen molar-refractivity contribution in [2.45, 2.75) is 19.8 Å². The zero-order valence-corrected chi connectivity index (χ0v) is 10.0. The summed E-state index contributed by atoms with van der Waals surface area (Å²) in [5.74, 6) is -0.968. The summed E-state index contributed by atoms with van der Waals surface area (Å²) in [7, 11) is 1.84. The molecule has 17 heavy (non-hydrogen) atoms. The van der Waals surface area contributed by atoms with Gasteiger partial charge in [-0.25, -0.2) is 4.39 Å². The van der Waals surface area contributed by atoms with Crippen LogP contribution in [0.3, 0.4) is 0 Å². The highest BCUT2D eigenvalue weighted by Gasteiger charge is 2.50. The number of carbonyl (C=O) groups is 1. The van der Waals surface area contributed by atoms with Crippen LogP contribution in [-0.4, -0.2) is 24.7 Å². The first-order valence-electron chi connectivity index (χ1n) is 5.65. The molecule has 2 rings (SSSR count). The van der Waals surface area contributed by atoms with Crippen molar-refractivity contribution in [2.75, 3.05) is 18.5 Å². The third-order valence-corrected chi connectivity index (χ3v) is 3.43. The van der Waals surface area contributed by atoms with Crippen LogP contribution < -0.4 is 4.90 Å². The minimum absolute atomic E-state index is 0.235. The zero-order valence-electron chi connectivity index (χ0n) is 10.0. The molecule has 92 valence electrons. The Bertz CT molecular complexity index is 455. The van der Waals surface area contributed by atoms with Crippen LogP contribution >= 0.6 is 0 Å². The molecule has 1 aromatic rings. The Morgan fingerprint density at radius 3 is 2.65 bits per heavy atom. The van der Waals surface area contributed by atoms with E-state index >= 15 is 0 Å². The van der Waals surface area contributed by atoms with E-state index in [4.69, 9.17) is 5.11 Å². The van der Waals surface area contributed by atoms with Crippen LogP contribution in [0.25, 0.3) is 0 Å². The molecule has 0 aliphatic heterocycles. The molecule has 1 aliphatic carbocycles. The summed E-state index contributed by atoms with van der Waals surface area (Å²) in [6, 6.07) is 4.84. The van der Waals surface area contributed by atoms with Gasteiger partial charge in [-0.3, -0.25) is 4.79 Å². The maximum atomic E-state index is 13.1. The van der Waals surface area contributed by atoms with E-state index in [0.717, 1.165) is 18.5 Å². The van der Waals surface area contributed by atoms with Crippen molar-refractivity contribution in [3.8, 4) is 0 Å². The zero-order chi connectivity index (χ0) is 12.6. The van der Waals surface area contributed by atoms with Crippen LogP contribution in [0.1, 0.15) is 18.4 Å². The Labute approximate surface area is 99.9 Å². The first-order chi connectivity index (χ1) is 7.94.